The van der Waals surface area contributed by atoms with Crippen molar-refractivity contribution < 1.29 is 9.47 Å². The van der Waals surface area contributed by atoms with Crippen LogP contribution in [0, 0.1) is 56.7 Å². The van der Waals surface area contributed by atoms with Gasteiger partial charge in [0.05, 0.1) is 12.6 Å². The number of hydrogen-bond acceptors (Lipinski definition) is 4. The number of rotatable bonds is 7. The summed E-state index contributed by atoms with van der Waals surface area (Å²) in [5.41, 5.74) is 1.28. The van der Waals surface area contributed by atoms with Gasteiger partial charge in [-0.2, -0.15) is 4.91 Å². The van der Waals surface area contributed by atoms with Crippen LogP contribution in [-0.2, 0) is 9.47 Å². The first-order chi connectivity index (χ1) is 16.3. The monoisotopic (exact) mass is 473 g/mol. The molecule has 0 saturated heterocycles. The van der Waals surface area contributed by atoms with Crippen LogP contribution in [0.3, 0.4) is 0 Å². The Morgan fingerprint density at radius 2 is 1.65 bits per heavy atom. The van der Waals surface area contributed by atoms with E-state index >= 15 is 0 Å². The molecular weight excluding hydrogens is 422 g/mol. The standard InChI is InChI=1S/C30H51NO3/c1-6-8-27(33-5)34-19-30-15-7-9-24(30)21-10-11-26-28(3)17-14-25(31-32)20(2)22(28)12-16-29(26,4)23(21)13-18-30/h20-27H,6-19H2,1-5H3. The van der Waals surface area contributed by atoms with E-state index in [0.717, 1.165) is 49.5 Å². The van der Waals surface area contributed by atoms with Crippen LogP contribution in [0.1, 0.15) is 111 Å². The molecule has 5 aliphatic carbocycles. The summed E-state index contributed by atoms with van der Waals surface area (Å²) in [5.74, 6) is 4.59. The van der Waals surface area contributed by atoms with Crippen molar-refractivity contribution in [2.24, 2.45) is 56.9 Å². The van der Waals surface area contributed by atoms with Crippen molar-refractivity contribution in [3.05, 3.63) is 4.91 Å². The normalized spacial score (nSPS) is 51.0. The molecule has 11 atom stereocenters. The van der Waals surface area contributed by atoms with Crippen molar-refractivity contribution in [1.29, 1.82) is 0 Å². The van der Waals surface area contributed by atoms with E-state index in [-0.39, 0.29) is 12.3 Å². The first kappa shape index (κ1) is 25.2. The van der Waals surface area contributed by atoms with Gasteiger partial charge in [0.1, 0.15) is 0 Å². The van der Waals surface area contributed by atoms with E-state index in [1.807, 2.05) is 0 Å². The molecule has 4 heteroatoms. The predicted octanol–water partition coefficient (Wildman–Crippen LogP) is 7.99. The van der Waals surface area contributed by atoms with Crippen LogP contribution in [0.15, 0.2) is 5.18 Å². The molecule has 34 heavy (non-hydrogen) atoms. The second kappa shape index (κ2) is 9.43. The Labute approximate surface area is 208 Å². The second-order valence-corrected chi connectivity index (χ2v) is 13.8. The lowest BCUT2D eigenvalue weighted by atomic mass is 9.37. The Morgan fingerprint density at radius 3 is 2.38 bits per heavy atom. The molecular formula is C30H51NO3. The minimum Gasteiger partial charge on any atom is -0.356 e. The van der Waals surface area contributed by atoms with Crippen LogP contribution < -0.4 is 0 Å². The van der Waals surface area contributed by atoms with E-state index in [1.165, 1.54) is 64.2 Å². The highest BCUT2D eigenvalue weighted by molar-refractivity contribution is 5.14. The van der Waals surface area contributed by atoms with Crippen molar-refractivity contribution in [1.82, 2.24) is 0 Å². The fourth-order valence-corrected chi connectivity index (χ4v) is 11.1. The summed E-state index contributed by atoms with van der Waals surface area (Å²) in [5, 5.41) is 3.56. The summed E-state index contributed by atoms with van der Waals surface area (Å²) in [6, 6.07) is 0.0520. The van der Waals surface area contributed by atoms with Crippen molar-refractivity contribution in [3.8, 4) is 0 Å². The number of nitrogens with zero attached hydrogens (tertiary/aromatic N) is 1. The molecule has 0 aromatic heterocycles. The van der Waals surface area contributed by atoms with Gasteiger partial charge in [-0.05, 0) is 122 Å². The second-order valence-electron chi connectivity index (χ2n) is 13.8. The van der Waals surface area contributed by atoms with Crippen LogP contribution in [0.4, 0.5) is 0 Å². The quantitative estimate of drug-likeness (QED) is 0.278. The molecule has 0 aromatic carbocycles. The maximum Gasteiger partial charge on any atom is 0.157 e. The van der Waals surface area contributed by atoms with Gasteiger partial charge in [-0.15, -0.1) is 0 Å². The first-order valence-electron chi connectivity index (χ1n) is 14.8. The number of hydrogen-bond donors (Lipinski definition) is 0. The third kappa shape index (κ3) is 3.75. The van der Waals surface area contributed by atoms with Crippen LogP contribution in [-0.4, -0.2) is 26.0 Å². The third-order valence-electron chi connectivity index (χ3n) is 12.7. The van der Waals surface area contributed by atoms with Gasteiger partial charge in [0.15, 0.2) is 6.29 Å². The zero-order chi connectivity index (χ0) is 24.1. The zero-order valence-corrected chi connectivity index (χ0v) is 22.7. The minimum atomic E-state index is -0.0280. The summed E-state index contributed by atoms with van der Waals surface area (Å²) in [6.07, 6.45) is 16.7. The fraction of sp³-hybridized carbons (Fsp3) is 1.00. The molecule has 0 radical (unpaired) electrons. The molecule has 0 aromatic rings. The van der Waals surface area contributed by atoms with E-state index in [1.54, 1.807) is 7.11 Å². The minimum absolute atomic E-state index is 0.0280. The van der Waals surface area contributed by atoms with Crippen LogP contribution in [0.5, 0.6) is 0 Å². The fourth-order valence-electron chi connectivity index (χ4n) is 11.1. The van der Waals surface area contributed by atoms with E-state index in [0.29, 0.717) is 28.1 Å². The van der Waals surface area contributed by atoms with Crippen molar-refractivity contribution >= 4 is 0 Å². The van der Waals surface area contributed by atoms with Gasteiger partial charge in [0.2, 0.25) is 0 Å². The van der Waals surface area contributed by atoms with Crippen LogP contribution in [0.2, 0.25) is 0 Å². The molecule has 5 fully saturated rings. The average Bonchev–Trinajstić information content (AvgIpc) is 3.26. The van der Waals surface area contributed by atoms with Gasteiger partial charge in [-0.1, -0.05) is 45.7 Å². The molecule has 4 nitrogen and oxygen atoms in total. The van der Waals surface area contributed by atoms with Crippen molar-refractivity contribution in [2.75, 3.05) is 13.7 Å². The average molecular weight is 474 g/mol. The Hall–Kier alpha value is -0.480. The lowest BCUT2D eigenvalue weighted by Crippen LogP contribution is -2.61. The number of fused-ring (bicyclic) bond motifs is 7. The molecule has 0 bridgehead atoms. The van der Waals surface area contributed by atoms with E-state index in [9.17, 15) is 4.91 Å². The molecule has 0 amide bonds. The lowest BCUT2D eigenvalue weighted by molar-refractivity contribution is -0.202. The van der Waals surface area contributed by atoms with Crippen LogP contribution >= 0.6 is 0 Å². The summed E-state index contributed by atoms with van der Waals surface area (Å²) in [7, 11) is 1.81. The maximum atomic E-state index is 11.5. The lowest BCUT2D eigenvalue weighted by Gasteiger charge is -2.67. The van der Waals surface area contributed by atoms with Gasteiger partial charge in [-0.25, -0.2) is 0 Å². The summed E-state index contributed by atoms with van der Waals surface area (Å²) >= 11 is 0. The van der Waals surface area contributed by atoms with E-state index < -0.39 is 0 Å². The number of ether oxygens (including phenoxy) is 2. The number of nitroso groups, excluding NO2 is 1. The molecule has 0 aliphatic heterocycles. The van der Waals surface area contributed by atoms with Gasteiger partial charge in [-0.3, -0.25) is 0 Å². The molecule has 5 saturated carbocycles. The van der Waals surface area contributed by atoms with Crippen molar-refractivity contribution in [2.45, 2.75) is 123 Å². The highest BCUT2D eigenvalue weighted by Gasteiger charge is 2.64. The Bertz CT molecular complexity index is 743. The summed E-state index contributed by atoms with van der Waals surface area (Å²) < 4.78 is 12.1. The third-order valence-corrected chi connectivity index (χ3v) is 12.7. The first-order valence-corrected chi connectivity index (χ1v) is 14.8. The van der Waals surface area contributed by atoms with Gasteiger partial charge >= 0.3 is 0 Å². The van der Waals surface area contributed by atoms with E-state index in [2.05, 4.69) is 32.9 Å². The van der Waals surface area contributed by atoms with Gasteiger partial charge in [0.25, 0.3) is 0 Å². The summed E-state index contributed by atoms with van der Waals surface area (Å²) in [4.78, 5) is 11.5. The molecule has 0 heterocycles. The Balaban J connectivity index is 1.35. The Kier molecular flexibility index (Phi) is 6.99. The highest BCUT2D eigenvalue weighted by Crippen LogP contribution is 2.71. The summed E-state index contributed by atoms with van der Waals surface area (Å²) in [6.45, 7) is 10.8. The van der Waals surface area contributed by atoms with Gasteiger partial charge < -0.3 is 9.47 Å². The highest BCUT2D eigenvalue weighted by atomic mass is 16.7. The smallest absolute Gasteiger partial charge is 0.157 e. The topological polar surface area (TPSA) is 47.9 Å². The number of methoxy groups -OCH3 is 1. The molecule has 0 spiro atoms. The van der Waals surface area contributed by atoms with Crippen LogP contribution in [0.25, 0.3) is 0 Å². The van der Waals surface area contributed by atoms with E-state index in [4.69, 9.17) is 9.47 Å². The largest absolute Gasteiger partial charge is 0.356 e. The van der Waals surface area contributed by atoms with Gasteiger partial charge in [0, 0.05) is 7.11 Å². The molecule has 5 aliphatic rings. The SMILES string of the molecule is CCCC(OC)OCC12CCCC1C1CCC3C4(C)CCC(N=O)C(C)C4CCC3(C)C1CC2. The maximum absolute atomic E-state index is 11.5. The Morgan fingerprint density at radius 1 is 0.912 bits per heavy atom. The molecule has 0 N–H and O–H groups in total. The van der Waals surface area contributed by atoms with Crippen molar-refractivity contribution in [3.63, 3.8) is 0 Å². The molecule has 11 unspecified atom stereocenters. The predicted molar refractivity (Wildman–Crippen MR) is 137 cm³/mol. The molecule has 194 valence electrons. The molecule has 5 rings (SSSR count). The zero-order valence-electron chi connectivity index (χ0n) is 22.7.